The molecule has 2 N–H and O–H groups in total. The average molecular weight is 407 g/mol. The summed E-state index contributed by atoms with van der Waals surface area (Å²) in [4.78, 5) is 26.0. The van der Waals surface area contributed by atoms with E-state index in [0.29, 0.717) is 25.3 Å². The first kappa shape index (κ1) is 20.5. The van der Waals surface area contributed by atoms with Gasteiger partial charge in [0.1, 0.15) is 5.70 Å². The van der Waals surface area contributed by atoms with Gasteiger partial charge in [-0.2, -0.15) is 0 Å². The van der Waals surface area contributed by atoms with E-state index in [2.05, 4.69) is 10.6 Å². The molecule has 0 saturated carbocycles. The maximum Gasteiger partial charge on any atom is 0.267 e. The molecule has 0 spiro atoms. The Morgan fingerprint density at radius 3 is 2.34 bits per heavy atom. The summed E-state index contributed by atoms with van der Waals surface area (Å²) in [5, 5.41) is 7.42. The Morgan fingerprint density at radius 1 is 0.931 bits per heavy atom. The molecule has 0 radical (unpaired) electrons. The summed E-state index contributed by atoms with van der Waals surface area (Å²) in [6.07, 6.45) is 1.67. The van der Waals surface area contributed by atoms with E-state index in [1.165, 1.54) is 11.3 Å². The quantitative estimate of drug-likeness (QED) is 0.419. The molecule has 2 aromatic carbocycles. The first-order valence-corrected chi connectivity index (χ1v) is 10.1. The zero-order valence-corrected chi connectivity index (χ0v) is 16.7. The van der Waals surface area contributed by atoms with Gasteiger partial charge in [-0.25, -0.2) is 0 Å². The minimum atomic E-state index is -0.356. The smallest absolute Gasteiger partial charge is 0.267 e. The summed E-state index contributed by atoms with van der Waals surface area (Å²) in [5.74, 6) is -0.685. The third-order valence-electron chi connectivity index (χ3n) is 4.00. The third kappa shape index (κ3) is 6.71. The van der Waals surface area contributed by atoms with Crippen molar-refractivity contribution in [3.8, 4) is 0 Å². The second-order valence-electron chi connectivity index (χ2n) is 6.19. The minimum Gasteiger partial charge on any atom is -0.375 e. The van der Waals surface area contributed by atoms with Gasteiger partial charge >= 0.3 is 0 Å². The highest BCUT2D eigenvalue weighted by atomic mass is 32.1. The van der Waals surface area contributed by atoms with Gasteiger partial charge in [0.25, 0.3) is 11.8 Å². The first-order valence-electron chi connectivity index (χ1n) is 9.24. The Morgan fingerprint density at radius 2 is 1.66 bits per heavy atom. The molecule has 3 rings (SSSR count). The normalized spacial score (nSPS) is 11.1. The predicted molar refractivity (Wildman–Crippen MR) is 115 cm³/mol. The van der Waals surface area contributed by atoms with Crippen molar-refractivity contribution in [3.05, 3.63) is 99.9 Å². The average Bonchev–Trinajstić information content (AvgIpc) is 3.27. The van der Waals surface area contributed by atoms with Gasteiger partial charge in [0.2, 0.25) is 0 Å². The van der Waals surface area contributed by atoms with Crippen LogP contribution in [0, 0.1) is 0 Å². The lowest BCUT2D eigenvalue weighted by molar-refractivity contribution is -0.118. The fourth-order valence-corrected chi connectivity index (χ4v) is 3.21. The number of benzene rings is 2. The first-order chi connectivity index (χ1) is 14.2. The summed E-state index contributed by atoms with van der Waals surface area (Å²) in [6, 6.07) is 22.4. The molecule has 0 bridgehead atoms. The summed E-state index contributed by atoms with van der Waals surface area (Å²) in [6.45, 7) is 1.20. The van der Waals surface area contributed by atoms with Crippen molar-refractivity contribution in [2.75, 3.05) is 13.2 Å². The fraction of sp³-hybridized carbons (Fsp3) is 0.130. The zero-order valence-electron chi connectivity index (χ0n) is 15.8. The van der Waals surface area contributed by atoms with E-state index in [4.69, 9.17) is 4.74 Å². The van der Waals surface area contributed by atoms with Crippen molar-refractivity contribution in [2.45, 2.75) is 6.61 Å². The monoisotopic (exact) mass is 406 g/mol. The van der Waals surface area contributed by atoms with E-state index in [9.17, 15) is 9.59 Å². The van der Waals surface area contributed by atoms with E-state index in [1.54, 1.807) is 30.3 Å². The van der Waals surface area contributed by atoms with Gasteiger partial charge in [-0.1, -0.05) is 54.6 Å². The molecule has 1 heterocycles. The molecule has 5 nitrogen and oxygen atoms in total. The maximum absolute atomic E-state index is 12.6. The maximum atomic E-state index is 12.6. The Kier molecular flexibility index (Phi) is 7.74. The van der Waals surface area contributed by atoms with E-state index in [-0.39, 0.29) is 17.5 Å². The van der Waals surface area contributed by atoms with Crippen LogP contribution in [0.25, 0.3) is 6.08 Å². The van der Waals surface area contributed by atoms with Gasteiger partial charge in [0, 0.05) is 17.0 Å². The molecular weight excluding hydrogens is 384 g/mol. The molecule has 1 aromatic heterocycles. The summed E-state index contributed by atoms with van der Waals surface area (Å²) in [7, 11) is 0. The highest BCUT2D eigenvalue weighted by Gasteiger charge is 2.14. The van der Waals surface area contributed by atoms with E-state index in [0.717, 1.165) is 10.4 Å². The lowest BCUT2D eigenvalue weighted by Crippen LogP contribution is -2.36. The molecular formula is C23H22N2O3S. The number of hydrogen-bond donors (Lipinski definition) is 2. The largest absolute Gasteiger partial charge is 0.375 e. The lowest BCUT2D eigenvalue weighted by Gasteiger charge is -2.11. The number of ether oxygens (including phenoxy) is 1. The van der Waals surface area contributed by atoms with E-state index in [1.807, 2.05) is 53.9 Å². The van der Waals surface area contributed by atoms with Crippen molar-refractivity contribution in [1.29, 1.82) is 0 Å². The molecule has 0 aliphatic heterocycles. The molecule has 0 fully saturated rings. The van der Waals surface area contributed by atoms with Crippen LogP contribution >= 0.6 is 11.3 Å². The number of nitrogens with one attached hydrogen (secondary N) is 2. The van der Waals surface area contributed by atoms with Gasteiger partial charge in [0.15, 0.2) is 0 Å². The van der Waals surface area contributed by atoms with Crippen LogP contribution in [-0.4, -0.2) is 25.0 Å². The molecule has 6 heteroatoms. The SMILES string of the molecule is O=C(NCCOCc1ccccc1)/C(=C/c1cccs1)NC(=O)c1ccccc1. The highest BCUT2D eigenvalue weighted by molar-refractivity contribution is 7.10. The van der Waals surface area contributed by atoms with Crippen molar-refractivity contribution in [3.63, 3.8) is 0 Å². The molecule has 3 aromatic rings. The van der Waals surface area contributed by atoms with E-state index >= 15 is 0 Å². The second kappa shape index (κ2) is 10.9. The number of hydrogen-bond acceptors (Lipinski definition) is 4. The molecule has 29 heavy (non-hydrogen) atoms. The predicted octanol–water partition coefficient (Wildman–Crippen LogP) is 3.85. The van der Waals surface area contributed by atoms with Gasteiger partial charge in [-0.05, 0) is 35.2 Å². The number of rotatable bonds is 9. The number of carbonyl (C=O) groups excluding carboxylic acids is 2. The minimum absolute atomic E-state index is 0.198. The van der Waals surface area contributed by atoms with Gasteiger partial charge in [0.05, 0.1) is 13.2 Å². The third-order valence-corrected chi connectivity index (χ3v) is 4.82. The van der Waals surface area contributed by atoms with Gasteiger partial charge in [-0.3, -0.25) is 9.59 Å². The van der Waals surface area contributed by atoms with Crippen molar-refractivity contribution >= 4 is 29.2 Å². The van der Waals surface area contributed by atoms with Gasteiger partial charge in [-0.15, -0.1) is 11.3 Å². The second-order valence-corrected chi connectivity index (χ2v) is 7.17. The molecule has 2 amide bonds. The molecule has 0 aliphatic carbocycles. The Hall–Kier alpha value is -3.22. The number of carbonyl (C=O) groups is 2. The summed E-state index contributed by atoms with van der Waals surface area (Å²) < 4.78 is 5.59. The van der Waals surface area contributed by atoms with Crippen molar-refractivity contribution in [2.24, 2.45) is 0 Å². The van der Waals surface area contributed by atoms with Crippen LogP contribution in [0.3, 0.4) is 0 Å². The highest BCUT2D eigenvalue weighted by Crippen LogP contribution is 2.13. The Labute approximate surface area is 174 Å². The van der Waals surface area contributed by atoms with Crippen LogP contribution in [0.4, 0.5) is 0 Å². The van der Waals surface area contributed by atoms with Crippen LogP contribution in [0.5, 0.6) is 0 Å². The van der Waals surface area contributed by atoms with E-state index < -0.39 is 0 Å². The number of amides is 2. The summed E-state index contributed by atoms with van der Waals surface area (Å²) >= 11 is 1.49. The Bertz CT molecular complexity index is 939. The molecule has 0 aliphatic rings. The fourth-order valence-electron chi connectivity index (χ4n) is 2.55. The van der Waals surface area contributed by atoms with Crippen LogP contribution < -0.4 is 10.6 Å². The lowest BCUT2D eigenvalue weighted by atomic mass is 10.2. The molecule has 0 unspecified atom stereocenters. The topological polar surface area (TPSA) is 67.4 Å². The number of thiophene rings is 1. The Balaban J connectivity index is 1.55. The van der Waals surface area contributed by atoms with Crippen LogP contribution in [-0.2, 0) is 16.1 Å². The molecule has 0 atom stereocenters. The zero-order chi connectivity index (χ0) is 20.3. The van der Waals surface area contributed by atoms with Crippen LogP contribution in [0.2, 0.25) is 0 Å². The molecule has 148 valence electrons. The van der Waals surface area contributed by atoms with Gasteiger partial charge < -0.3 is 15.4 Å². The molecule has 0 saturated heterocycles. The summed E-state index contributed by atoms with van der Waals surface area (Å²) in [5.41, 5.74) is 1.76. The van der Waals surface area contributed by atoms with Crippen molar-refractivity contribution in [1.82, 2.24) is 10.6 Å². The van der Waals surface area contributed by atoms with Crippen LogP contribution in [0.15, 0.2) is 83.9 Å². The van der Waals surface area contributed by atoms with Crippen molar-refractivity contribution < 1.29 is 14.3 Å². The standard InChI is InChI=1S/C23H22N2O3S/c26-22(19-10-5-2-6-11-19)25-21(16-20-12-7-15-29-20)23(27)24-13-14-28-17-18-8-3-1-4-9-18/h1-12,15-16H,13-14,17H2,(H,24,27)(H,25,26)/b21-16-. The van der Waals surface area contributed by atoms with Crippen LogP contribution in [0.1, 0.15) is 20.8 Å².